The van der Waals surface area contributed by atoms with Crippen LogP contribution in [0.1, 0.15) is 49.0 Å². The number of carbonyl (C=O) groups is 3. The summed E-state index contributed by atoms with van der Waals surface area (Å²) in [5, 5.41) is 2.82. The molecule has 1 fully saturated rings. The molecule has 9 heteroatoms. The molecule has 1 saturated heterocycles. The number of amides is 2. The number of fused-ring (bicyclic) bond motifs is 1. The Morgan fingerprint density at radius 1 is 1.00 bits per heavy atom. The fourth-order valence-corrected chi connectivity index (χ4v) is 6.22. The number of nitrogens with one attached hydrogen (secondary N) is 1. The van der Waals surface area contributed by atoms with Gasteiger partial charge in [0.1, 0.15) is 0 Å². The molecule has 2 aromatic carbocycles. The number of sulfonamides is 1. The second-order valence-corrected chi connectivity index (χ2v) is 10.8. The highest BCUT2D eigenvalue weighted by atomic mass is 32.2. The van der Waals surface area contributed by atoms with Gasteiger partial charge in [-0.05, 0) is 68.5 Å². The summed E-state index contributed by atoms with van der Waals surface area (Å²) in [5.74, 6) is -0.906. The van der Waals surface area contributed by atoms with Gasteiger partial charge in [-0.15, -0.1) is 0 Å². The smallest absolute Gasteiger partial charge is 0.243 e. The Hall–Kier alpha value is -3.04. The van der Waals surface area contributed by atoms with Crippen molar-refractivity contribution in [2.45, 2.75) is 44.4 Å². The number of nitrogens with zero attached hydrogens (tertiary/aromatic N) is 2. The van der Waals surface area contributed by atoms with E-state index in [-0.39, 0.29) is 29.0 Å². The number of anilines is 2. The number of ketones is 1. The molecule has 1 atom stereocenters. The first-order chi connectivity index (χ1) is 16.2. The van der Waals surface area contributed by atoms with Crippen molar-refractivity contribution in [3.63, 3.8) is 0 Å². The van der Waals surface area contributed by atoms with E-state index in [1.165, 1.54) is 18.2 Å². The van der Waals surface area contributed by atoms with Gasteiger partial charge in [-0.2, -0.15) is 4.31 Å². The molecule has 34 heavy (non-hydrogen) atoms. The molecule has 180 valence electrons. The fraction of sp³-hybridized carbons (Fsp3) is 0.400. The zero-order chi connectivity index (χ0) is 24.5. The van der Waals surface area contributed by atoms with Crippen molar-refractivity contribution >= 4 is 39.0 Å². The number of aryl methyl sites for hydroxylation is 1. The molecule has 4 rings (SSSR count). The summed E-state index contributed by atoms with van der Waals surface area (Å²) in [6.07, 6.45) is 2.66. The Bertz CT molecular complexity index is 1240. The Morgan fingerprint density at radius 2 is 1.79 bits per heavy atom. The zero-order valence-corrected chi connectivity index (χ0v) is 20.2. The SMILES string of the molecule is CC(=O)c1cccc(NC(=O)[C@@H]2CCCN(S(=O)(=O)c3ccc4c(c3)CCCN4C(C)=O)C2)c1. The van der Waals surface area contributed by atoms with Crippen LogP contribution in [0.3, 0.4) is 0 Å². The largest absolute Gasteiger partial charge is 0.326 e. The van der Waals surface area contributed by atoms with Crippen LogP contribution in [0.25, 0.3) is 0 Å². The first-order valence-electron chi connectivity index (χ1n) is 11.5. The molecular weight excluding hydrogens is 454 g/mol. The molecule has 0 spiro atoms. The normalized spacial score (nSPS) is 18.8. The van der Waals surface area contributed by atoms with Gasteiger partial charge in [0.15, 0.2) is 5.78 Å². The average molecular weight is 484 g/mol. The van der Waals surface area contributed by atoms with Crippen molar-refractivity contribution in [1.29, 1.82) is 0 Å². The summed E-state index contributed by atoms with van der Waals surface area (Å²) in [6.45, 7) is 4.05. The van der Waals surface area contributed by atoms with Gasteiger partial charge < -0.3 is 10.2 Å². The van der Waals surface area contributed by atoms with E-state index in [1.807, 2.05) is 0 Å². The van der Waals surface area contributed by atoms with Crippen LogP contribution in [0.15, 0.2) is 47.4 Å². The summed E-state index contributed by atoms with van der Waals surface area (Å²) in [6, 6.07) is 11.6. The molecule has 2 heterocycles. The van der Waals surface area contributed by atoms with Crippen LogP contribution in [0.4, 0.5) is 11.4 Å². The fourth-order valence-electron chi connectivity index (χ4n) is 4.65. The first kappa shape index (κ1) is 24.1. The second kappa shape index (κ2) is 9.68. The minimum atomic E-state index is -3.79. The number of piperidine rings is 1. The molecule has 2 aromatic rings. The molecule has 0 bridgehead atoms. The zero-order valence-electron chi connectivity index (χ0n) is 19.4. The maximum absolute atomic E-state index is 13.4. The third-order valence-corrected chi connectivity index (χ3v) is 8.34. The minimum absolute atomic E-state index is 0.0599. The molecule has 0 aromatic heterocycles. The van der Waals surface area contributed by atoms with Crippen molar-refractivity contribution in [3.05, 3.63) is 53.6 Å². The number of rotatable bonds is 5. The van der Waals surface area contributed by atoms with E-state index >= 15 is 0 Å². The van der Waals surface area contributed by atoms with Crippen LogP contribution in [0.2, 0.25) is 0 Å². The van der Waals surface area contributed by atoms with Crippen LogP contribution in [0.5, 0.6) is 0 Å². The van der Waals surface area contributed by atoms with E-state index in [0.29, 0.717) is 43.6 Å². The quantitative estimate of drug-likeness (QED) is 0.658. The third-order valence-electron chi connectivity index (χ3n) is 6.48. The molecule has 2 aliphatic heterocycles. The first-order valence-corrected chi connectivity index (χ1v) is 12.9. The molecule has 8 nitrogen and oxygen atoms in total. The van der Waals surface area contributed by atoms with Gasteiger partial charge in [0, 0.05) is 43.5 Å². The molecule has 1 N–H and O–H groups in total. The topological polar surface area (TPSA) is 104 Å². The standard InChI is InChI=1S/C25H29N3O5S/c1-17(29)19-6-3-9-22(14-19)26-25(31)21-8-4-12-27(16-21)34(32,33)23-10-11-24-20(15-23)7-5-13-28(24)18(2)30/h3,6,9-11,14-15,21H,4-5,7-8,12-13,16H2,1-2H3,(H,26,31)/t21-/m1/s1. The van der Waals surface area contributed by atoms with E-state index < -0.39 is 15.9 Å². The van der Waals surface area contributed by atoms with Crippen molar-refractivity contribution in [3.8, 4) is 0 Å². The van der Waals surface area contributed by atoms with Crippen LogP contribution >= 0.6 is 0 Å². The highest BCUT2D eigenvalue weighted by molar-refractivity contribution is 7.89. The van der Waals surface area contributed by atoms with Crippen LogP contribution in [0, 0.1) is 5.92 Å². The molecule has 2 amide bonds. The number of hydrogen-bond acceptors (Lipinski definition) is 5. The van der Waals surface area contributed by atoms with Gasteiger partial charge in [0.05, 0.1) is 10.8 Å². The molecule has 2 aliphatic rings. The number of carbonyl (C=O) groups excluding carboxylic acids is 3. The van der Waals surface area contributed by atoms with Crippen LogP contribution in [-0.2, 0) is 26.0 Å². The molecule has 0 saturated carbocycles. The molecule has 0 unspecified atom stereocenters. The Balaban J connectivity index is 1.50. The lowest BCUT2D eigenvalue weighted by atomic mass is 9.98. The van der Waals surface area contributed by atoms with Crippen LogP contribution < -0.4 is 10.2 Å². The van der Waals surface area contributed by atoms with Crippen molar-refractivity contribution in [2.75, 3.05) is 29.9 Å². The molecule has 0 aliphatic carbocycles. The average Bonchev–Trinajstić information content (AvgIpc) is 2.83. The van der Waals surface area contributed by atoms with Gasteiger partial charge in [0.25, 0.3) is 0 Å². The Labute approximate surface area is 200 Å². The van der Waals surface area contributed by atoms with Gasteiger partial charge in [-0.3, -0.25) is 14.4 Å². The summed E-state index contributed by atoms with van der Waals surface area (Å²) < 4.78 is 28.2. The summed E-state index contributed by atoms with van der Waals surface area (Å²) in [5.41, 5.74) is 2.63. The maximum Gasteiger partial charge on any atom is 0.243 e. The Kier molecular flexibility index (Phi) is 6.86. The number of hydrogen-bond donors (Lipinski definition) is 1. The minimum Gasteiger partial charge on any atom is -0.326 e. The lowest BCUT2D eigenvalue weighted by Crippen LogP contribution is -2.43. The van der Waals surface area contributed by atoms with Gasteiger partial charge >= 0.3 is 0 Å². The maximum atomic E-state index is 13.4. The second-order valence-electron chi connectivity index (χ2n) is 8.89. The number of Topliss-reactive ketones (excluding diaryl/α,β-unsaturated/α-hetero) is 1. The van der Waals surface area contributed by atoms with Gasteiger partial charge in [-0.1, -0.05) is 12.1 Å². The van der Waals surface area contributed by atoms with Gasteiger partial charge in [0.2, 0.25) is 21.8 Å². The summed E-state index contributed by atoms with van der Waals surface area (Å²) in [4.78, 5) is 38.3. The highest BCUT2D eigenvalue weighted by Gasteiger charge is 2.34. The van der Waals surface area contributed by atoms with E-state index in [0.717, 1.165) is 17.7 Å². The Morgan fingerprint density at radius 3 is 2.53 bits per heavy atom. The lowest BCUT2D eigenvalue weighted by molar-refractivity contribution is -0.121. The summed E-state index contributed by atoms with van der Waals surface area (Å²) >= 11 is 0. The van der Waals surface area contributed by atoms with Crippen molar-refractivity contribution in [1.82, 2.24) is 4.31 Å². The van der Waals surface area contributed by atoms with E-state index in [9.17, 15) is 22.8 Å². The van der Waals surface area contributed by atoms with E-state index in [4.69, 9.17) is 0 Å². The molecule has 0 radical (unpaired) electrons. The molecular formula is C25H29N3O5S. The monoisotopic (exact) mass is 483 g/mol. The predicted octanol–water partition coefficient (Wildman–Crippen LogP) is 3.23. The van der Waals surface area contributed by atoms with Gasteiger partial charge in [-0.25, -0.2) is 8.42 Å². The van der Waals surface area contributed by atoms with Crippen LogP contribution in [-0.4, -0.2) is 50.0 Å². The van der Waals surface area contributed by atoms with Crippen molar-refractivity contribution < 1.29 is 22.8 Å². The van der Waals surface area contributed by atoms with E-state index in [1.54, 1.807) is 47.4 Å². The predicted molar refractivity (Wildman–Crippen MR) is 129 cm³/mol. The highest BCUT2D eigenvalue weighted by Crippen LogP contribution is 2.32. The lowest BCUT2D eigenvalue weighted by Gasteiger charge is -2.32. The third kappa shape index (κ3) is 4.90. The van der Waals surface area contributed by atoms with E-state index in [2.05, 4.69) is 5.32 Å². The van der Waals surface area contributed by atoms with Crippen molar-refractivity contribution in [2.24, 2.45) is 5.92 Å². The summed E-state index contributed by atoms with van der Waals surface area (Å²) in [7, 11) is -3.79. The number of benzene rings is 2.